The van der Waals surface area contributed by atoms with Crippen LogP contribution in [0.4, 0.5) is 5.69 Å². The van der Waals surface area contributed by atoms with Gasteiger partial charge in [0.2, 0.25) is 0 Å². The SMILES string of the molecule is Cc1ccc(NC(=O)c2n[nH]c3c2CNCC3)cc1OCC1CCOCC1. The zero-order valence-electron chi connectivity index (χ0n) is 15.6. The number of hydrogen-bond donors (Lipinski definition) is 3. The molecule has 3 heterocycles. The summed E-state index contributed by atoms with van der Waals surface area (Å²) < 4.78 is 11.4. The molecule has 2 aliphatic heterocycles. The Kier molecular flexibility index (Phi) is 5.40. The number of aromatic nitrogens is 2. The molecule has 1 aromatic carbocycles. The van der Waals surface area contributed by atoms with Crippen molar-refractivity contribution in [3.8, 4) is 5.75 Å². The molecule has 0 aliphatic carbocycles. The molecular formula is C20H26N4O3. The van der Waals surface area contributed by atoms with Gasteiger partial charge in [0.05, 0.1) is 6.61 Å². The lowest BCUT2D eigenvalue weighted by Crippen LogP contribution is -2.25. The lowest BCUT2D eigenvalue weighted by Gasteiger charge is -2.22. The maximum Gasteiger partial charge on any atom is 0.276 e. The fourth-order valence-corrected chi connectivity index (χ4v) is 3.56. The fourth-order valence-electron chi connectivity index (χ4n) is 3.56. The van der Waals surface area contributed by atoms with Crippen molar-refractivity contribution in [1.29, 1.82) is 0 Å². The van der Waals surface area contributed by atoms with E-state index in [0.717, 1.165) is 61.6 Å². The number of rotatable bonds is 5. The van der Waals surface area contributed by atoms with Gasteiger partial charge in [-0.25, -0.2) is 0 Å². The quantitative estimate of drug-likeness (QED) is 0.752. The molecule has 4 rings (SSSR count). The molecule has 0 saturated carbocycles. The second-order valence-electron chi connectivity index (χ2n) is 7.26. The van der Waals surface area contributed by atoms with E-state index in [4.69, 9.17) is 9.47 Å². The molecule has 0 atom stereocenters. The monoisotopic (exact) mass is 370 g/mol. The number of benzene rings is 1. The third-order valence-corrected chi connectivity index (χ3v) is 5.28. The van der Waals surface area contributed by atoms with E-state index in [2.05, 4.69) is 20.8 Å². The summed E-state index contributed by atoms with van der Waals surface area (Å²) in [5.74, 6) is 1.14. The summed E-state index contributed by atoms with van der Waals surface area (Å²) in [5, 5.41) is 13.4. The number of anilines is 1. The molecule has 2 aliphatic rings. The molecule has 0 spiro atoms. The zero-order valence-corrected chi connectivity index (χ0v) is 15.6. The van der Waals surface area contributed by atoms with Gasteiger partial charge in [-0.3, -0.25) is 9.89 Å². The van der Waals surface area contributed by atoms with E-state index < -0.39 is 0 Å². The van der Waals surface area contributed by atoms with Crippen molar-refractivity contribution in [3.05, 3.63) is 40.7 Å². The molecule has 2 aromatic rings. The van der Waals surface area contributed by atoms with Crippen molar-refractivity contribution in [2.24, 2.45) is 5.92 Å². The van der Waals surface area contributed by atoms with Gasteiger partial charge in [0.25, 0.3) is 5.91 Å². The van der Waals surface area contributed by atoms with Gasteiger partial charge in [-0.2, -0.15) is 5.10 Å². The average Bonchev–Trinajstić information content (AvgIpc) is 3.13. The molecule has 7 nitrogen and oxygen atoms in total. The van der Waals surface area contributed by atoms with Gasteiger partial charge in [0, 0.05) is 55.7 Å². The summed E-state index contributed by atoms with van der Waals surface area (Å²) in [4.78, 5) is 12.7. The van der Waals surface area contributed by atoms with Crippen LogP contribution in [0, 0.1) is 12.8 Å². The lowest BCUT2D eigenvalue weighted by atomic mass is 10.0. The number of aryl methyl sites for hydroxylation is 1. The number of nitrogens with one attached hydrogen (secondary N) is 3. The molecule has 1 fully saturated rings. The summed E-state index contributed by atoms with van der Waals surface area (Å²) >= 11 is 0. The average molecular weight is 370 g/mol. The van der Waals surface area contributed by atoms with Crippen LogP contribution in [0.3, 0.4) is 0 Å². The Labute approximate surface area is 158 Å². The fraction of sp³-hybridized carbons (Fsp3) is 0.500. The first-order chi connectivity index (χ1) is 13.2. The Morgan fingerprint density at radius 2 is 2.22 bits per heavy atom. The van der Waals surface area contributed by atoms with Crippen molar-refractivity contribution < 1.29 is 14.3 Å². The number of fused-ring (bicyclic) bond motifs is 1. The molecule has 0 bridgehead atoms. The predicted octanol–water partition coefficient (Wildman–Crippen LogP) is 2.42. The number of hydrogen-bond acceptors (Lipinski definition) is 5. The molecule has 1 aromatic heterocycles. The minimum atomic E-state index is -0.199. The molecule has 27 heavy (non-hydrogen) atoms. The van der Waals surface area contributed by atoms with E-state index in [9.17, 15) is 4.79 Å². The van der Waals surface area contributed by atoms with Crippen LogP contribution in [-0.4, -0.2) is 42.5 Å². The van der Waals surface area contributed by atoms with E-state index in [1.807, 2.05) is 25.1 Å². The van der Waals surface area contributed by atoms with Crippen LogP contribution < -0.4 is 15.4 Å². The molecule has 3 N–H and O–H groups in total. The topological polar surface area (TPSA) is 88.3 Å². The van der Waals surface area contributed by atoms with Gasteiger partial charge in [-0.15, -0.1) is 0 Å². The highest BCUT2D eigenvalue weighted by Gasteiger charge is 2.22. The Balaban J connectivity index is 1.43. The van der Waals surface area contributed by atoms with Crippen LogP contribution >= 0.6 is 0 Å². The van der Waals surface area contributed by atoms with E-state index in [-0.39, 0.29) is 5.91 Å². The molecule has 144 valence electrons. The Morgan fingerprint density at radius 3 is 3.07 bits per heavy atom. The molecule has 1 saturated heterocycles. The molecule has 7 heteroatoms. The summed E-state index contributed by atoms with van der Waals surface area (Å²) in [7, 11) is 0. The van der Waals surface area contributed by atoms with Crippen LogP contribution in [-0.2, 0) is 17.7 Å². The van der Waals surface area contributed by atoms with Crippen LogP contribution in [0.15, 0.2) is 18.2 Å². The van der Waals surface area contributed by atoms with Crippen molar-refractivity contribution in [2.45, 2.75) is 32.7 Å². The minimum absolute atomic E-state index is 0.199. The smallest absolute Gasteiger partial charge is 0.276 e. The van der Waals surface area contributed by atoms with Crippen molar-refractivity contribution >= 4 is 11.6 Å². The van der Waals surface area contributed by atoms with Crippen molar-refractivity contribution in [3.63, 3.8) is 0 Å². The van der Waals surface area contributed by atoms with Crippen LogP contribution in [0.2, 0.25) is 0 Å². The normalized spacial score (nSPS) is 17.4. The Hall–Kier alpha value is -2.38. The Morgan fingerprint density at radius 1 is 1.37 bits per heavy atom. The van der Waals surface area contributed by atoms with E-state index >= 15 is 0 Å². The van der Waals surface area contributed by atoms with E-state index in [1.54, 1.807) is 0 Å². The highest BCUT2D eigenvalue weighted by atomic mass is 16.5. The van der Waals surface area contributed by atoms with Gasteiger partial charge in [0.1, 0.15) is 5.75 Å². The second kappa shape index (κ2) is 8.10. The van der Waals surface area contributed by atoms with Gasteiger partial charge >= 0.3 is 0 Å². The van der Waals surface area contributed by atoms with Crippen LogP contribution in [0.5, 0.6) is 5.75 Å². The van der Waals surface area contributed by atoms with Crippen LogP contribution in [0.1, 0.15) is 40.2 Å². The van der Waals surface area contributed by atoms with E-state index in [0.29, 0.717) is 30.5 Å². The Bertz CT molecular complexity index is 812. The maximum absolute atomic E-state index is 12.7. The summed E-state index contributed by atoms with van der Waals surface area (Å²) in [5.41, 5.74) is 4.24. The third kappa shape index (κ3) is 4.14. The highest BCUT2D eigenvalue weighted by Crippen LogP contribution is 2.25. The first-order valence-electron chi connectivity index (χ1n) is 9.60. The standard InChI is InChI=1S/C20H26N4O3/c1-13-2-3-15(10-18(13)27-12-14-5-8-26-9-6-14)22-20(25)19-16-11-21-7-4-17(16)23-24-19/h2-3,10,14,21H,4-9,11-12H2,1H3,(H,22,25)(H,23,24). The molecule has 0 unspecified atom stereocenters. The third-order valence-electron chi connectivity index (χ3n) is 5.28. The predicted molar refractivity (Wildman–Crippen MR) is 102 cm³/mol. The van der Waals surface area contributed by atoms with Gasteiger partial charge in [0.15, 0.2) is 5.69 Å². The first kappa shape index (κ1) is 18.0. The van der Waals surface area contributed by atoms with Gasteiger partial charge in [-0.1, -0.05) is 6.07 Å². The summed E-state index contributed by atoms with van der Waals surface area (Å²) in [6.45, 7) is 5.89. The number of amides is 1. The molecule has 1 amide bonds. The summed E-state index contributed by atoms with van der Waals surface area (Å²) in [6.07, 6.45) is 2.94. The maximum atomic E-state index is 12.7. The van der Waals surface area contributed by atoms with Gasteiger partial charge < -0.3 is 20.1 Å². The molecule has 0 radical (unpaired) electrons. The van der Waals surface area contributed by atoms with Crippen molar-refractivity contribution in [1.82, 2.24) is 15.5 Å². The summed E-state index contributed by atoms with van der Waals surface area (Å²) in [6, 6.07) is 5.76. The number of carbonyl (C=O) groups excluding carboxylic acids is 1. The minimum Gasteiger partial charge on any atom is -0.493 e. The first-order valence-corrected chi connectivity index (χ1v) is 9.60. The number of ether oxygens (including phenoxy) is 2. The number of H-pyrrole nitrogens is 1. The van der Waals surface area contributed by atoms with E-state index in [1.165, 1.54) is 0 Å². The number of aromatic amines is 1. The zero-order chi connectivity index (χ0) is 18.6. The highest BCUT2D eigenvalue weighted by molar-refractivity contribution is 6.04. The number of carbonyl (C=O) groups is 1. The largest absolute Gasteiger partial charge is 0.493 e. The van der Waals surface area contributed by atoms with Crippen molar-refractivity contribution in [2.75, 3.05) is 31.7 Å². The lowest BCUT2D eigenvalue weighted by molar-refractivity contribution is 0.0496. The van der Waals surface area contributed by atoms with Crippen LogP contribution in [0.25, 0.3) is 0 Å². The second-order valence-corrected chi connectivity index (χ2v) is 7.26. The number of nitrogens with zero attached hydrogens (tertiary/aromatic N) is 1. The molecular weight excluding hydrogens is 344 g/mol. The van der Waals surface area contributed by atoms with Gasteiger partial charge in [-0.05, 0) is 37.3 Å².